The number of aliphatic hydroxyl groups excluding tert-OH is 1. The molecule has 20 heavy (non-hydrogen) atoms. The van der Waals surface area contributed by atoms with Gasteiger partial charge in [-0.05, 0) is 36.4 Å². The highest BCUT2D eigenvalue weighted by atomic mass is 79.9. The number of benzene rings is 2. The molecule has 0 amide bonds. The summed E-state index contributed by atoms with van der Waals surface area (Å²) in [7, 11) is 0. The fourth-order valence-electron chi connectivity index (χ4n) is 1.49. The second-order valence-electron chi connectivity index (χ2n) is 3.89. The number of halogens is 1. The molecule has 0 aliphatic rings. The van der Waals surface area contributed by atoms with Crippen LogP contribution in [0.5, 0.6) is 0 Å². The van der Waals surface area contributed by atoms with E-state index in [0.29, 0.717) is 17.5 Å². The van der Waals surface area contributed by atoms with E-state index < -0.39 is 0 Å². The number of rotatable bonds is 4. The van der Waals surface area contributed by atoms with Gasteiger partial charge in [0.1, 0.15) is 6.26 Å². The second kappa shape index (κ2) is 6.77. The number of carbonyl (C=O) groups excluding carboxylic acids is 1. The molecule has 0 heterocycles. The minimum absolute atomic E-state index is 0.115. The van der Waals surface area contributed by atoms with Crippen LogP contribution in [0.4, 0.5) is 5.69 Å². The molecule has 0 unspecified atom stereocenters. The summed E-state index contributed by atoms with van der Waals surface area (Å²) >= 11 is 3.29. The molecule has 1 N–H and O–H groups in total. The van der Waals surface area contributed by atoms with Crippen molar-refractivity contribution in [1.82, 2.24) is 0 Å². The van der Waals surface area contributed by atoms with E-state index in [9.17, 15) is 4.79 Å². The summed E-state index contributed by atoms with van der Waals surface area (Å²) in [4.78, 5) is 12.1. The maximum atomic E-state index is 12.1. The normalized spacial score (nSPS) is 11.8. The Morgan fingerprint density at radius 1 is 1.05 bits per heavy atom. The molecule has 100 valence electrons. The van der Waals surface area contributed by atoms with Gasteiger partial charge in [0, 0.05) is 10.0 Å². The summed E-state index contributed by atoms with van der Waals surface area (Å²) in [6.45, 7) is 0. The molecule has 2 aromatic carbocycles. The van der Waals surface area contributed by atoms with E-state index in [1.54, 1.807) is 36.4 Å². The minimum atomic E-state index is -0.389. The lowest BCUT2D eigenvalue weighted by Crippen LogP contribution is -2.01. The third-order valence-electron chi connectivity index (χ3n) is 2.49. The lowest BCUT2D eigenvalue weighted by Gasteiger charge is -2.00. The van der Waals surface area contributed by atoms with Gasteiger partial charge in [-0.1, -0.05) is 34.1 Å². The van der Waals surface area contributed by atoms with Crippen molar-refractivity contribution in [2.75, 3.05) is 0 Å². The molecule has 0 saturated heterocycles. The first kappa shape index (κ1) is 14.1. The van der Waals surface area contributed by atoms with Crippen LogP contribution in [-0.2, 0) is 0 Å². The first-order valence-corrected chi connectivity index (χ1v) is 6.61. The summed E-state index contributed by atoms with van der Waals surface area (Å²) in [5, 5.41) is 16.8. The summed E-state index contributed by atoms with van der Waals surface area (Å²) in [6, 6.07) is 15.8. The van der Waals surface area contributed by atoms with Crippen LogP contribution in [0.2, 0.25) is 0 Å². The number of azo groups is 1. The van der Waals surface area contributed by atoms with E-state index in [4.69, 9.17) is 5.11 Å². The number of nitrogens with zero attached hydrogens (tertiary/aromatic N) is 2. The van der Waals surface area contributed by atoms with Gasteiger partial charge < -0.3 is 5.11 Å². The third kappa shape index (κ3) is 3.61. The first-order valence-electron chi connectivity index (χ1n) is 5.82. The molecule has 0 atom stereocenters. The van der Waals surface area contributed by atoms with Gasteiger partial charge in [-0.3, -0.25) is 4.79 Å². The number of aliphatic hydroxyl groups is 1. The molecule has 0 bridgehead atoms. The van der Waals surface area contributed by atoms with Gasteiger partial charge >= 0.3 is 0 Å². The molecule has 4 nitrogen and oxygen atoms in total. The molecule has 0 radical (unpaired) electrons. The van der Waals surface area contributed by atoms with Gasteiger partial charge in [-0.2, -0.15) is 5.11 Å². The zero-order valence-electron chi connectivity index (χ0n) is 10.4. The SMILES string of the molecule is O=C(/C(=C\O)N=Nc1ccccc1)c1ccc(Br)cc1. The van der Waals surface area contributed by atoms with Gasteiger partial charge in [-0.15, -0.1) is 5.11 Å². The summed E-state index contributed by atoms with van der Waals surface area (Å²) in [6.07, 6.45) is 0.664. The Morgan fingerprint density at radius 2 is 1.70 bits per heavy atom. The van der Waals surface area contributed by atoms with Gasteiger partial charge in [0.25, 0.3) is 0 Å². The van der Waals surface area contributed by atoms with Crippen LogP contribution in [0.1, 0.15) is 10.4 Å². The summed E-state index contributed by atoms with van der Waals surface area (Å²) in [5.41, 5.74) is 0.923. The van der Waals surface area contributed by atoms with Crippen molar-refractivity contribution < 1.29 is 9.90 Å². The fourth-order valence-corrected chi connectivity index (χ4v) is 1.75. The maximum absolute atomic E-state index is 12.1. The Kier molecular flexibility index (Phi) is 4.79. The molecule has 0 spiro atoms. The molecule has 0 aliphatic carbocycles. The Hall–Kier alpha value is -2.27. The standard InChI is InChI=1S/C15H11BrN2O2/c16-12-8-6-11(7-9-12)15(20)14(10-19)18-17-13-4-2-1-3-5-13/h1-10,19H/b14-10+,18-17?. The monoisotopic (exact) mass is 330 g/mol. The van der Waals surface area contributed by atoms with E-state index in [2.05, 4.69) is 26.2 Å². The molecular weight excluding hydrogens is 320 g/mol. The number of hydrogen-bond acceptors (Lipinski definition) is 4. The predicted octanol–water partition coefficient (Wildman–Crippen LogP) is 4.82. The quantitative estimate of drug-likeness (QED) is 0.378. The van der Waals surface area contributed by atoms with Crippen molar-refractivity contribution in [3.05, 3.63) is 76.6 Å². The highest BCUT2D eigenvalue weighted by Crippen LogP contribution is 2.17. The van der Waals surface area contributed by atoms with Crippen LogP contribution in [0.15, 0.2) is 81.3 Å². The minimum Gasteiger partial charge on any atom is -0.513 e. The van der Waals surface area contributed by atoms with Gasteiger partial charge in [0.05, 0.1) is 5.69 Å². The zero-order chi connectivity index (χ0) is 14.4. The Labute approximate surface area is 124 Å². The topological polar surface area (TPSA) is 62.0 Å². The van der Waals surface area contributed by atoms with Crippen LogP contribution < -0.4 is 0 Å². The van der Waals surface area contributed by atoms with E-state index in [0.717, 1.165) is 4.47 Å². The highest BCUT2D eigenvalue weighted by Gasteiger charge is 2.12. The number of carbonyl (C=O) groups is 1. The molecule has 0 aromatic heterocycles. The molecule has 2 aromatic rings. The van der Waals surface area contributed by atoms with Gasteiger partial charge in [0.15, 0.2) is 5.70 Å². The van der Waals surface area contributed by atoms with E-state index >= 15 is 0 Å². The molecule has 2 rings (SSSR count). The van der Waals surface area contributed by atoms with Crippen LogP contribution in [0.25, 0.3) is 0 Å². The molecule has 0 fully saturated rings. The van der Waals surface area contributed by atoms with Crippen molar-refractivity contribution in [3.63, 3.8) is 0 Å². The Balaban J connectivity index is 2.19. The van der Waals surface area contributed by atoms with Gasteiger partial charge in [0.2, 0.25) is 5.78 Å². The Bertz CT molecular complexity index is 649. The van der Waals surface area contributed by atoms with Crippen LogP contribution in [0, 0.1) is 0 Å². The molecule has 5 heteroatoms. The Morgan fingerprint density at radius 3 is 2.30 bits per heavy atom. The largest absolute Gasteiger partial charge is 0.513 e. The second-order valence-corrected chi connectivity index (χ2v) is 4.80. The van der Waals surface area contributed by atoms with Crippen molar-refractivity contribution in [2.24, 2.45) is 10.2 Å². The highest BCUT2D eigenvalue weighted by molar-refractivity contribution is 9.10. The van der Waals surface area contributed by atoms with Crippen LogP contribution >= 0.6 is 15.9 Å². The number of hydrogen-bond donors (Lipinski definition) is 1. The van der Waals surface area contributed by atoms with Crippen molar-refractivity contribution in [1.29, 1.82) is 0 Å². The van der Waals surface area contributed by atoms with Crippen LogP contribution in [-0.4, -0.2) is 10.9 Å². The predicted molar refractivity (Wildman–Crippen MR) is 80.1 cm³/mol. The number of allylic oxidation sites excluding steroid dienone is 1. The average Bonchev–Trinajstić information content (AvgIpc) is 2.49. The van der Waals surface area contributed by atoms with Gasteiger partial charge in [-0.25, -0.2) is 0 Å². The zero-order valence-corrected chi connectivity index (χ0v) is 12.0. The lowest BCUT2D eigenvalue weighted by atomic mass is 10.1. The number of Topliss-reactive ketones (excluding diaryl/α,β-unsaturated/α-hetero) is 1. The number of ketones is 1. The molecule has 0 saturated carbocycles. The average molecular weight is 331 g/mol. The van der Waals surface area contributed by atoms with E-state index in [1.807, 2.05) is 18.2 Å². The van der Waals surface area contributed by atoms with Crippen molar-refractivity contribution >= 4 is 27.4 Å². The van der Waals surface area contributed by atoms with E-state index in [1.165, 1.54) is 0 Å². The summed E-state index contributed by atoms with van der Waals surface area (Å²) in [5.74, 6) is -0.389. The molecular formula is C15H11BrN2O2. The summed E-state index contributed by atoms with van der Waals surface area (Å²) < 4.78 is 0.870. The third-order valence-corrected chi connectivity index (χ3v) is 3.02. The maximum Gasteiger partial charge on any atom is 0.216 e. The van der Waals surface area contributed by atoms with Crippen LogP contribution in [0.3, 0.4) is 0 Å². The molecule has 0 aliphatic heterocycles. The van der Waals surface area contributed by atoms with E-state index in [-0.39, 0.29) is 11.5 Å². The first-order chi connectivity index (χ1) is 9.70. The van der Waals surface area contributed by atoms with Crippen molar-refractivity contribution in [2.45, 2.75) is 0 Å². The fraction of sp³-hybridized carbons (Fsp3) is 0. The smallest absolute Gasteiger partial charge is 0.216 e. The lowest BCUT2D eigenvalue weighted by molar-refractivity contribution is 0.102. The van der Waals surface area contributed by atoms with Crippen molar-refractivity contribution in [3.8, 4) is 0 Å².